The Kier molecular flexibility index (Phi) is 2.69. The molecule has 2 aromatic rings. The van der Waals surface area contributed by atoms with Crippen LogP contribution in [0.4, 0.5) is 0 Å². The van der Waals surface area contributed by atoms with E-state index in [-0.39, 0.29) is 6.04 Å². The molecule has 0 radical (unpaired) electrons. The first kappa shape index (κ1) is 10.5. The maximum Gasteiger partial charge on any atom is 0.0953 e. The molecule has 0 aliphatic rings. The lowest BCUT2D eigenvalue weighted by Crippen LogP contribution is -2.24. The maximum absolute atomic E-state index is 9.85. The van der Waals surface area contributed by atoms with Crippen LogP contribution in [0.25, 0.3) is 10.9 Å². The summed E-state index contributed by atoms with van der Waals surface area (Å²) < 4.78 is 0. The molecule has 0 amide bonds. The molecular formula is C11H13ClN2O. The second kappa shape index (κ2) is 3.85. The van der Waals surface area contributed by atoms with Gasteiger partial charge in [0.1, 0.15) is 0 Å². The summed E-state index contributed by atoms with van der Waals surface area (Å²) in [6, 6.07) is 5.32. The summed E-state index contributed by atoms with van der Waals surface area (Å²) in [4.78, 5) is 3.04. The van der Waals surface area contributed by atoms with E-state index < -0.39 is 6.10 Å². The third-order valence-corrected chi connectivity index (χ3v) is 2.92. The van der Waals surface area contributed by atoms with Crippen molar-refractivity contribution in [1.82, 2.24) is 4.98 Å². The molecule has 2 atom stereocenters. The van der Waals surface area contributed by atoms with Gasteiger partial charge in [-0.05, 0) is 13.0 Å². The zero-order chi connectivity index (χ0) is 11.0. The van der Waals surface area contributed by atoms with Crippen molar-refractivity contribution >= 4 is 22.5 Å². The quantitative estimate of drug-likeness (QED) is 0.733. The van der Waals surface area contributed by atoms with Gasteiger partial charge in [0, 0.05) is 23.2 Å². The summed E-state index contributed by atoms with van der Waals surface area (Å²) in [7, 11) is 0. The first-order valence-electron chi connectivity index (χ1n) is 4.80. The summed E-state index contributed by atoms with van der Waals surface area (Å²) in [5.74, 6) is 0. The van der Waals surface area contributed by atoms with Crippen LogP contribution in [0.15, 0.2) is 24.4 Å². The van der Waals surface area contributed by atoms with Gasteiger partial charge in [-0.3, -0.25) is 0 Å². The van der Waals surface area contributed by atoms with Crippen LogP contribution in [0.5, 0.6) is 0 Å². The number of aromatic amines is 1. The fraction of sp³-hybridized carbons (Fsp3) is 0.273. The highest BCUT2D eigenvalue weighted by Crippen LogP contribution is 2.31. The molecule has 0 bridgehead atoms. The van der Waals surface area contributed by atoms with Crippen LogP contribution in [0.1, 0.15) is 18.6 Å². The summed E-state index contributed by atoms with van der Waals surface area (Å²) in [6.45, 7) is 1.75. The third kappa shape index (κ3) is 1.74. The highest BCUT2D eigenvalue weighted by Gasteiger charge is 2.17. The summed E-state index contributed by atoms with van der Waals surface area (Å²) in [5, 5.41) is 11.4. The fourth-order valence-corrected chi connectivity index (χ4v) is 1.96. The van der Waals surface area contributed by atoms with E-state index in [1.807, 2.05) is 24.4 Å². The van der Waals surface area contributed by atoms with E-state index in [4.69, 9.17) is 17.3 Å². The summed E-state index contributed by atoms with van der Waals surface area (Å²) >= 11 is 6.18. The Hall–Kier alpha value is -1.03. The van der Waals surface area contributed by atoms with Gasteiger partial charge >= 0.3 is 0 Å². The number of nitrogens with one attached hydrogen (secondary N) is 1. The number of aliphatic hydroxyl groups excluding tert-OH is 1. The van der Waals surface area contributed by atoms with Crippen molar-refractivity contribution in [1.29, 1.82) is 0 Å². The zero-order valence-corrected chi connectivity index (χ0v) is 9.12. The van der Waals surface area contributed by atoms with Crippen molar-refractivity contribution < 1.29 is 5.11 Å². The van der Waals surface area contributed by atoms with Crippen molar-refractivity contribution in [2.45, 2.75) is 19.1 Å². The molecule has 0 aliphatic heterocycles. The predicted octanol–water partition coefficient (Wildman–Crippen LogP) is 2.20. The molecular weight excluding hydrogens is 212 g/mol. The van der Waals surface area contributed by atoms with Crippen molar-refractivity contribution in [2.24, 2.45) is 5.73 Å². The molecule has 4 N–H and O–H groups in total. The smallest absolute Gasteiger partial charge is 0.0953 e. The van der Waals surface area contributed by atoms with Crippen molar-refractivity contribution in [3.63, 3.8) is 0 Å². The van der Waals surface area contributed by atoms with Gasteiger partial charge in [0.25, 0.3) is 0 Å². The number of halogens is 1. The lowest BCUT2D eigenvalue weighted by atomic mass is 10.0. The number of aromatic nitrogens is 1. The van der Waals surface area contributed by atoms with E-state index in [0.29, 0.717) is 10.6 Å². The SMILES string of the molecule is CC(N)C(O)c1ccc2cc[nH]c2c1Cl. The fourth-order valence-electron chi connectivity index (χ4n) is 1.62. The van der Waals surface area contributed by atoms with Crippen LogP contribution in [-0.2, 0) is 0 Å². The van der Waals surface area contributed by atoms with E-state index in [9.17, 15) is 5.11 Å². The monoisotopic (exact) mass is 224 g/mol. The van der Waals surface area contributed by atoms with Crippen molar-refractivity contribution in [2.75, 3.05) is 0 Å². The van der Waals surface area contributed by atoms with E-state index in [1.54, 1.807) is 6.92 Å². The molecule has 15 heavy (non-hydrogen) atoms. The van der Waals surface area contributed by atoms with E-state index in [2.05, 4.69) is 4.98 Å². The third-order valence-electron chi connectivity index (χ3n) is 2.51. The second-order valence-electron chi connectivity index (χ2n) is 3.71. The Morgan fingerprint density at radius 1 is 1.40 bits per heavy atom. The lowest BCUT2D eigenvalue weighted by Gasteiger charge is -2.16. The number of rotatable bonds is 2. The van der Waals surface area contributed by atoms with Crippen LogP contribution in [0.3, 0.4) is 0 Å². The predicted molar refractivity (Wildman–Crippen MR) is 61.9 cm³/mol. The summed E-state index contributed by atoms with van der Waals surface area (Å²) in [6.07, 6.45) is 1.09. The van der Waals surface area contributed by atoms with Crippen LogP contribution in [-0.4, -0.2) is 16.1 Å². The largest absolute Gasteiger partial charge is 0.387 e. The van der Waals surface area contributed by atoms with Gasteiger partial charge in [0.2, 0.25) is 0 Å². The number of aliphatic hydroxyl groups is 1. The van der Waals surface area contributed by atoms with Gasteiger partial charge in [0.15, 0.2) is 0 Å². The molecule has 0 saturated carbocycles. The Labute approximate surface area is 92.9 Å². The highest BCUT2D eigenvalue weighted by molar-refractivity contribution is 6.35. The number of hydrogen-bond acceptors (Lipinski definition) is 2. The molecule has 80 valence electrons. The first-order valence-corrected chi connectivity index (χ1v) is 5.18. The molecule has 1 aromatic carbocycles. The minimum Gasteiger partial charge on any atom is -0.387 e. The van der Waals surface area contributed by atoms with E-state index in [1.165, 1.54) is 0 Å². The summed E-state index contributed by atoms with van der Waals surface area (Å²) in [5.41, 5.74) is 7.15. The molecule has 2 unspecified atom stereocenters. The van der Waals surface area contributed by atoms with Crippen LogP contribution in [0, 0.1) is 0 Å². The average molecular weight is 225 g/mol. The topological polar surface area (TPSA) is 62.0 Å². The Morgan fingerprint density at radius 3 is 2.80 bits per heavy atom. The van der Waals surface area contributed by atoms with E-state index in [0.717, 1.165) is 10.9 Å². The van der Waals surface area contributed by atoms with Gasteiger partial charge in [-0.1, -0.05) is 23.7 Å². The normalized spacial score (nSPS) is 15.5. The lowest BCUT2D eigenvalue weighted by molar-refractivity contribution is 0.153. The van der Waals surface area contributed by atoms with Crippen LogP contribution < -0.4 is 5.73 Å². The van der Waals surface area contributed by atoms with Gasteiger partial charge in [-0.2, -0.15) is 0 Å². The average Bonchev–Trinajstić information content (AvgIpc) is 2.66. The molecule has 0 fully saturated rings. The minimum atomic E-state index is -0.731. The molecule has 0 spiro atoms. The molecule has 3 nitrogen and oxygen atoms in total. The highest BCUT2D eigenvalue weighted by atomic mass is 35.5. The number of H-pyrrole nitrogens is 1. The van der Waals surface area contributed by atoms with E-state index >= 15 is 0 Å². The maximum atomic E-state index is 9.85. The number of nitrogens with two attached hydrogens (primary N) is 1. The van der Waals surface area contributed by atoms with Crippen LogP contribution >= 0.6 is 11.6 Å². The minimum absolute atomic E-state index is 0.338. The number of hydrogen-bond donors (Lipinski definition) is 3. The Morgan fingerprint density at radius 2 is 2.13 bits per heavy atom. The zero-order valence-electron chi connectivity index (χ0n) is 8.37. The standard InChI is InChI=1S/C11H13ClN2O/c1-6(13)11(15)8-3-2-7-4-5-14-10(7)9(8)12/h2-6,11,14-15H,13H2,1H3. The molecule has 0 saturated heterocycles. The van der Waals surface area contributed by atoms with Crippen molar-refractivity contribution in [3.05, 3.63) is 35.0 Å². The molecule has 1 aromatic heterocycles. The molecule has 1 heterocycles. The van der Waals surface area contributed by atoms with Gasteiger partial charge < -0.3 is 15.8 Å². The molecule has 4 heteroatoms. The Bertz CT molecular complexity index is 478. The van der Waals surface area contributed by atoms with Crippen molar-refractivity contribution in [3.8, 4) is 0 Å². The van der Waals surface area contributed by atoms with Crippen LogP contribution in [0.2, 0.25) is 5.02 Å². The molecule has 2 rings (SSSR count). The molecule has 0 aliphatic carbocycles. The van der Waals surface area contributed by atoms with Gasteiger partial charge in [0.05, 0.1) is 16.6 Å². The number of benzene rings is 1. The second-order valence-corrected chi connectivity index (χ2v) is 4.09. The van der Waals surface area contributed by atoms with Gasteiger partial charge in [-0.15, -0.1) is 0 Å². The first-order chi connectivity index (χ1) is 7.11. The van der Waals surface area contributed by atoms with Gasteiger partial charge in [-0.25, -0.2) is 0 Å². The Balaban J connectivity index is 2.57. The number of fused-ring (bicyclic) bond motifs is 1.